The number of nitrogens with one attached hydrogen (secondary N) is 1. The third kappa shape index (κ3) is 3.70. The molecule has 0 aromatic carbocycles. The van der Waals surface area contributed by atoms with Crippen LogP contribution in [0.15, 0.2) is 12.3 Å². The van der Waals surface area contributed by atoms with Crippen molar-refractivity contribution in [1.29, 1.82) is 0 Å². The average Bonchev–Trinajstić information content (AvgIpc) is 2.42. The number of hydrogen-bond donors (Lipinski definition) is 1. The first-order valence-electron chi connectivity index (χ1n) is 6.00. The average molecular weight is 306 g/mol. The van der Waals surface area contributed by atoms with Crippen molar-refractivity contribution in [3.63, 3.8) is 0 Å². The van der Waals surface area contributed by atoms with Crippen LogP contribution in [0.1, 0.15) is 12.8 Å². The Hall–Kier alpha value is -1.07. The molecule has 1 aliphatic heterocycles. The minimum atomic E-state index is -0.737. The standard InChI is InChI=1S/C12H14Cl2FN3O/c13-6-12(19)17-10-5-11(16-7-9(10)14)18-3-1-8(15)2-4-18/h5,7-8H,1-4,6H2,(H,16,17,19). The number of piperidine rings is 1. The maximum atomic E-state index is 13.1. The topological polar surface area (TPSA) is 45.2 Å². The van der Waals surface area contributed by atoms with Crippen molar-refractivity contribution in [2.75, 3.05) is 29.2 Å². The van der Waals surface area contributed by atoms with E-state index in [9.17, 15) is 9.18 Å². The molecule has 2 rings (SSSR count). The molecule has 104 valence electrons. The van der Waals surface area contributed by atoms with Crippen molar-refractivity contribution >= 4 is 40.6 Å². The van der Waals surface area contributed by atoms with Gasteiger partial charge < -0.3 is 10.2 Å². The maximum Gasteiger partial charge on any atom is 0.239 e. The molecule has 0 aliphatic carbocycles. The third-order valence-corrected chi connectivity index (χ3v) is 3.53. The molecule has 0 bridgehead atoms. The summed E-state index contributed by atoms with van der Waals surface area (Å²) in [5, 5.41) is 2.95. The number of pyridine rings is 1. The van der Waals surface area contributed by atoms with E-state index in [4.69, 9.17) is 23.2 Å². The number of hydrogen-bond acceptors (Lipinski definition) is 3. The van der Waals surface area contributed by atoms with E-state index in [1.807, 2.05) is 4.90 Å². The van der Waals surface area contributed by atoms with E-state index in [0.717, 1.165) is 0 Å². The SMILES string of the molecule is O=C(CCl)Nc1cc(N2CCC(F)CC2)ncc1Cl. The van der Waals surface area contributed by atoms with Crippen LogP contribution < -0.4 is 10.2 Å². The highest BCUT2D eigenvalue weighted by Gasteiger charge is 2.20. The molecule has 0 atom stereocenters. The summed E-state index contributed by atoms with van der Waals surface area (Å²) >= 11 is 11.4. The fourth-order valence-electron chi connectivity index (χ4n) is 1.96. The van der Waals surface area contributed by atoms with E-state index < -0.39 is 6.17 Å². The number of carbonyl (C=O) groups excluding carboxylic acids is 1. The van der Waals surface area contributed by atoms with Crippen molar-refractivity contribution in [3.05, 3.63) is 17.3 Å². The number of halogens is 3. The van der Waals surface area contributed by atoms with Gasteiger partial charge in [0.15, 0.2) is 0 Å². The number of amides is 1. The minimum Gasteiger partial charge on any atom is -0.356 e. The van der Waals surface area contributed by atoms with Gasteiger partial charge in [0.1, 0.15) is 17.9 Å². The van der Waals surface area contributed by atoms with Crippen LogP contribution in [0.3, 0.4) is 0 Å². The summed E-state index contributed by atoms with van der Waals surface area (Å²) in [6, 6.07) is 1.69. The molecular formula is C12H14Cl2FN3O. The van der Waals surface area contributed by atoms with E-state index >= 15 is 0 Å². The lowest BCUT2D eigenvalue weighted by molar-refractivity contribution is -0.113. The van der Waals surface area contributed by atoms with Crippen molar-refractivity contribution in [3.8, 4) is 0 Å². The second kappa shape index (κ2) is 6.39. The van der Waals surface area contributed by atoms with Gasteiger partial charge in [-0.3, -0.25) is 4.79 Å². The van der Waals surface area contributed by atoms with Crippen LogP contribution >= 0.6 is 23.2 Å². The second-order valence-corrected chi connectivity index (χ2v) is 5.04. The van der Waals surface area contributed by atoms with Gasteiger partial charge in [-0.05, 0) is 12.8 Å². The summed E-state index contributed by atoms with van der Waals surface area (Å²) in [5.74, 6) is 0.214. The van der Waals surface area contributed by atoms with Crippen LogP contribution in [0.5, 0.6) is 0 Å². The largest absolute Gasteiger partial charge is 0.356 e. The molecule has 1 saturated heterocycles. The summed E-state index contributed by atoms with van der Waals surface area (Å²) in [6.07, 6.45) is 1.72. The Balaban J connectivity index is 2.13. The Labute approximate surface area is 120 Å². The Morgan fingerprint density at radius 3 is 2.84 bits per heavy atom. The predicted molar refractivity (Wildman–Crippen MR) is 74.9 cm³/mol. The van der Waals surface area contributed by atoms with Crippen molar-refractivity contribution in [2.45, 2.75) is 19.0 Å². The molecule has 1 fully saturated rings. The Bertz CT molecular complexity index is 464. The Kier molecular flexibility index (Phi) is 4.82. The highest BCUT2D eigenvalue weighted by atomic mass is 35.5. The quantitative estimate of drug-likeness (QED) is 0.873. The molecule has 0 spiro atoms. The fraction of sp³-hybridized carbons (Fsp3) is 0.500. The molecule has 0 unspecified atom stereocenters. The lowest BCUT2D eigenvalue weighted by Crippen LogP contribution is -2.34. The number of aromatic nitrogens is 1. The van der Waals surface area contributed by atoms with Crippen LogP contribution in [-0.2, 0) is 4.79 Å². The van der Waals surface area contributed by atoms with E-state index in [1.165, 1.54) is 6.20 Å². The van der Waals surface area contributed by atoms with Crippen LogP contribution in [0.2, 0.25) is 5.02 Å². The zero-order chi connectivity index (χ0) is 13.8. The first kappa shape index (κ1) is 14.3. The minimum absolute atomic E-state index is 0.138. The van der Waals surface area contributed by atoms with Gasteiger partial charge in [-0.2, -0.15) is 0 Å². The predicted octanol–water partition coefficient (Wildman–Crippen LogP) is 2.85. The molecular weight excluding hydrogens is 292 g/mol. The second-order valence-electron chi connectivity index (χ2n) is 4.37. The van der Waals surface area contributed by atoms with Gasteiger partial charge in [0.05, 0.1) is 16.9 Å². The van der Waals surface area contributed by atoms with E-state index in [0.29, 0.717) is 42.5 Å². The first-order valence-corrected chi connectivity index (χ1v) is 6.92. The van der Waals surface area contributed by atoms with Crippen LogP contribution in [-0.4, -0.2) is 36.0 Å². The molecule has 7 heteroatoms. The smallest absolute Gasteiger partial charge is 0.239 e. The molecule has 0 radical (unpaired) electrons. The molecule has 4 nitrogen and oxygen atoms in total. The number of anilines is 2. The van der Waals surface area contributed by atoms with Gasteiger partial charge in [-0.15, -0.1) is 11.6 Å². The fourth-order valence-corrected chi connectivity index (χ4v) is 2.17. The normalized spacial score (nSPS) is 16.5. The van der Waals surface area contributed by atoms with Crippen LogP contribution in [0, 0.1) is 0 Å². The van der Waals surface area contributed by atoms with Gasteiger partial charge in [-0.25, -0.2) is 9.37 Å². The third-order valence-electron chi connectivity index (χ3n) is 2.98. The lowest BCUT2D eigenvalue weighted by atomic mass is 10.1. The molecule has 0 saturated carbocycles. The Morgan fingerprint density at radius 1 is 1.53 bits per heavy atom. The molecule has 2 heterocycles. The van der Waals surface area contributed by atoms with E-state index in [-0.39, 0.29) is 11.8 Å². The van der Waals surface area contributed by atoms with Gasteiger partial charge in [0, 0.05) is 19.2 Å². The van der Waals surface area contributed by atoms with Crippen LogP contribution in [0.25, 0.3) is 0 Å². The zero-order valence-electron chi connectivity index (χ0n) is 10.2. The van der Waals surface area contributed by atoms with Gasteiger partial charge in [-0.1, -0.05) is 11.6 Å². The molecule has 1 aromatic rings. The molecule has 19 heavy (non-hydrogen) atoms. The van der Waals surface area contributed by atoms with Crippen molar-refractivity contribution in [2.24, 2.45) is 0 Å². The summed E-state index contributed by atoms with van der Waals surface area (Å²) in [6.45, 7) is 1.22. The molecule has 1 amide bonds. The molecule has 1 aromatic heterocycles. The van der Waals surface area contributed by atoms with E-state index in [1.54, 1.807) is 6.07 Å². The Morgan fingerprint density at radius 2 is 2.21 bits per heavy atom. The van der Waals surface area contributed by atoms with E-state index in [2.05, 4.69) is 10.3 Å². The number of alkyl halides is 2. The van der Waals surface area contributed by atoms with Crippen molar-refractivity contribution < 1.29 is 9.18 Å². The number of rotatable bonds is 3. The number of carbonyl (C=O) groups is 1. The molecule has 1 aliphatic rings. The highest BCUT2D eigenvalue weighted by molar-refractivity contribution is 6.34. The van der Waals surface area contributed by atoms with Gasteiger partial charge >= 0.3 is 0 Å². The summed E-state index contributed by atoms with van der Waals surface area (Å²) in [7, 11) is 0. The maximum absolute atomic E-state index is 13.1. The monoisotopic (exact) mass is 305 g/mol. The lowest BCUT2D eigenvalue weighted by Gasteiger charge is -2.29. The summed E-state index contributed by atoms with van der Waals surface area (Å²) in [5.41, 5.74) is 0.472. The van der Waals surface area contributed by atoms with Gasteiger partial charge in [0.25, 0.3) is 0 Å². The van der Waals surface area contributed by atoms with Crippen molar-refractivity contribution in [1.82, 2.24) is 4.98 Å². The van der Waals surface area contributed by atoms with Gasteiger partial charge in [0.2, 0.25) is 5.91 Å². The summed E-state index contributed by atoms with van der Waals surface area (Å²) < 4.78 is 13.1. The highest BCUT2D eigenvalue weighted by Crippen LogP contribution is 2.27. The first-order chi connectivity index (χ1) is 9.10. The number of nitrogens with zero attached hydrogens (tertiary/aromatic N) is 2. The van der Waals surface area contributed by atoms with Crippen LogP contribution in [0.4, 0.5) is 15.9 Å². The zero-order valence-corrected chi connectivity index (χ0v) is 11.7. The summed E-state index contributed by atoms with van der Waals surface area (Å²) in [4.78, 5) is 17.5. The molecule has 1 N–H and O–H groups in total.